The van der Waals surface area contributed by atoms with E-state index >= 15 is 0 Å². The summed E-state index contributed by atoms with van der Waals surface area (Å²) in [6.45, 7) is 10.3. The van der Waals surface area contributed by atoms with E-state index in [0.29, 0.717) is 0 Å². The van der Waals surface area contributed by atoms with Crippen molar-refractivity contribution in [2.24, 2.45) is 0 Å². The van der Waals surface area contributed by atoms with Crippen molar-refractivity contribution in [1.29, 1.82) is 0 Å². The van der Waals surface area contributed by atoms with Gasteiger partial charge in [-0.2, -0.15) is 4.90 Å². The molecule has 0 spiro atoms. The van der Waals surface area contributed by atoms with Crippen LogP contribution in [-0.2, 0) is 9.47 Å². The molecule has 0 saturated carbocycles. The van der Waals surface area contributed by atoms with E-state index in [1.807, 2.05) is 0 Å². The summed E-state index contributed by atoms with van der Waals surface area (Å²) >= 11 is 9.45. The number of ether oxygens (including phenoxy) is 2. The summed E-state index contributed by atoms with van der Waals surface area (Å²) in [7, 11) is 0. The number of amides is 2. The molecule has 0 aliphatic heterocycles. The minimum atomic E-state index is -0.851. The van der Waals surface area contributed by atoms with Crippen molar-refractivity contribution >= 4 is 45.4 Å². The molecule has 0 aliphatic carbocycles. The van der Waals surface area contributed by atoms with Gasteiger partial charge >= 0.3 is 12.2 Å². The first-order valence-corrected chi connectivity index (χ1v) is 8.18. The molecular weight excluding hydrogens is 386 g/mol. The largest absolute Gasteiger partial charge is 0.443 e. The molecule has 7 heteroatoms. The Bertz CT molecular complexity index is 577. The quantitative estimate of drug-likeness (QED) is 0.593. The SMILES string of the molecule is CC(C)(C)OC(=O)N(C(=O)OC(C)(C)C)c1ccc(Br)cc1Cl. The van der Waals surface area contributed by atoms with Crippen LogP contribution in [0.25, 0.3) is 0 Å². The van der Waals surface area contributed by atoms with Crippen molar-refractivity contribution in [3.63, 3.8) is 0 Å². The Balaban J connectivity index is 3.25. The average molecular weight is 407 g/mol. The molecule has 0 fully saturated rings. The van der Waals surface area contributed by atoms with Crippen molar-refractivity contribution in [2.75, 3.05) is 4.90 Å². The highest BCUT2D eigenvalue weighted by Crippen LogP contribution is 2.31. The maximum atomic E-state index is 12.5. The number of carbonyl (C=O) groups is 2. The first-order chi connectivity index (χ1) is 10.3. The first-order valence-electron chi connectivity index (χ1n) is 7.01. The second kappa shape index (κ2) is 7.09. The summed E-state index contributed by atoms with van der Waals surface area (Å²) in [6, 6.07) is 4.79. The van der Waals surface area contributed by atoms with Crippen LogP contribution in [-0.4, -0.2) is 23.4 Å². The third kappa shape index (κ3) is 6.39. The predicted molar refractivity (Wildman–Crippen MR) is 94.1 cm³/mol. The Hall–Kier alpha value is -1.27. The topological polar surface area (TPSA) is 55.8 Å². The Kier molecular flexibility index (Phi) is 6.10. The summed E-state index contributed by atoms with van der Waals surface area (Å²) in [5.41, 5.74) is -1.34. The van der Waals surface area contributed by atoms with Gasteiger partial charge in [-0.05, 0) is 59.7 Å². The van der Waals surface area contributed by atoms with Crippen molar-refractivity contribution in [3.05, 3.63) is 27.7 Å². The van der Waals surface area contributed by atoms with Crippen molar-refractivity contribution in [1.82, 2.24) is 0 Å². The molecule has 23 heavy (non-hydrogen) atoms. The van der Waals surface area contributed by atoms with Crippen LogP contribution in [0.2, 0.25) is 5.02 Å². The molecule has 0 saturated heterocycles. The van der Waals surface area contributed by atoms with Crippen LogP contribution in [0.3, 0.4) is 0 Å². The maximum Gasteiger partial charge on any atom is 0.424 e. The van der Waals surface area contributed by atoms with Gasteiger partial charge in [0, 0.05) is 4.47 Å². The molecular formula is C16H21BrClNO4. The van der Waals surface area contributed by atoms with E-state index in [0.717, 1.165) is 9.37 Å². The van der Waals surface area contributed by atoms with Crippen LogP contribution in [0.5, 0.6) is 0 Å². The van der Waals surface area contributed by atoms with Crippen LogP contribution in [0.4, 0.5) is 15.3 Å². The fourth-order valence-corrected chi connectivity index (χ4v) is 2.31. The van der Waals surface area contributed by atoms with Gasteiger partial charge < -0.3 is 9.47 Å². The smallest absolute Gasteiger partial charge is 0.424 e. The monoisotopic (exact) mass is 405 g/mol. The molecule has 0 unspecified atom stereocenters. The number of rotatable bonds is 1. The summed E-state index contributed by atoms with van der Waals surface area (Å²) in [6.07, 6.45) is -1.70. The number of carbonyl (C=O) groups excluding carboxylic acids is 2. The van der Waals surface area contributed by atoms with Gasteiger partial charge in [0.1, 0.15) is 11.2 Å². The Morgan fingerprint density at radius 3 is 1.78 bits per heavy atom. The lowest BCUT2D eigenvalue weighted by atomic mass is 10.2. The number of benzene rings is 1. The molecule has 1 aromatic carbocycles. The number of halogens is 2. The lowest BCUT2D eigenvalue weighted by Crippen LogP contribution is -2.44. The van der Waals surface area contributed by atoms with Gasteiger partial charge in [-0.15, -0.1) is 0 Å². The van der Waals surface area contributed by atoms with E-state index in [1.54, 1.807) is 59.7 Å². The normalized spacial score (nSPS) is 11.8. The lowest BCUT2D eigenvalue weighted by molar-refractivity contribution is 0.0431. The first kappa shape index (κ1) is 19.8. The summed E-state index contributed by atoms with van der Waals surface area (Å²) in [5.74, 6) is 0. The predicted octanol–water partition coefficient (Wildman–Crippen LogP) is 5.78. The second-order valence-corrected chi connectivity index (χ2v) is 8.21. The molecule has 0 atom stereocenters. The number of nitrogens with zero attached hydrogens (tertiary/aromatic N) is 1. The van der Waals surface area contributed by atoms with E-state index < -0.39 is 23.4 Å². The molecule has 1 aromatic rings. The second-order valence-electron chi connectivity index (χ2n) is 6.89. The van der Waals surface area contributed by atoms with E-state index in [-0.39, 0.29) is 10.7 Å². The Morgan fingerprint density at radius 1 is 1.00 bits per heavy atom. The lowest BCUT2D eigenvalue weighted by Gasteiger charge is -2.29. The number of hydrogen-bond donors (Lipinski definition) is 0. The van der Waals surface area contributed by atoms with Crippen molar-refractivity contribution < 1.29 is 19.1 Å². The molecule has 1 rings (SSSR count). The number of imide groups is 1. The zero-order valence-corrected chi connectivity index (χ0v) is 16.4. The van der Waals surface area contributed by atoms with Crippen LogP contribution >= 0.6 is 27.5 Å². The van der Waals surface area contributed by atoms with E-state index in [4.69, 9.17) is 21.1 Å². The van der Waals surface area contributed by atoms with Gasteiger partial charge in [-0.1, -0.05) is 27.5 Å². The van der Waals surface area contributed by atoms with Gasteiger partial charge in [-0.3, -0.25) is 0 Å². The minimum Gasteiger partial charge on any atom is -0.443 e. The van der Waals surface area contributed by atoms with E-state index in [1.165, 1.54) is 0 Å². The third-order valence-electron chi connectivity index (χ3n) is 2.30. The van der Waals surface area contributed by atoms with Crippen LogP contribution in [0.1, 0.15) is 41.5 Å². The van der Waals surface area contributed by atoms with Crippen LogP contribution in [0.15, 0.2) is 22.7 Å². The average Bonchev–Trinajstić information content (AvgIpc) is 2.27. The highest BCUT2D eigenvalue weighted by molar-refractivity contribution is 9.10. The number of anilines is 1. The highest BCUT2D eigenvalue weighted by Gasteiger charge is 2.33. The van der Waals surface area contributed by atoms with Gasteiger partial charge in [0.25, 0.3) is 0 Å². The van der Waals surface area contributed by atoms with Crippen LogP contribution in [0, 0.1) is 0 Å². The Labute approximate surface area is 150 Å². The van der Waals surface area contributed by atoms with Gasteiger partial charge in [-0.25, -0.2) is 9.59 Å². The molecule has 0 radical (unpaired) electrons. The van der Waals surface area contributed by atoms with E-state index in [9.17, 15) is 9.59 Å². The zero-order valence-electron chi connectivity index (χ0n) is 14.1. The summed E-state index contributed by atoms with van der Waals surface area (Å²) in [5, 5.41) is 0.219. The molecule has 2 amide bonds. The fraction of sp³-hybridized carbons (Fsp3) is 0.500. The van der Waals surface area contributed by atoms with Crippen LogP contribution < -0.4 is 4.90 Å². The summed E-state index contributed by atoms with van der Waals surface area (Å²) in [4.78, 5) is 25.7. The fourth-order valence-electron chi connectivity index (χ4n) is 1.55. The highest BCUT2D eigenvalue weighted by atomic mass is 79.9. The Morgan fingerprint density at radius 2 is 1.43 bits per heavy atom. The van der Waals surface area contributed by atoms with Gasteiger partial charge in [0.2, 0.25) is 0 Å². The van der Waals surface area contributed by atoms with Gasteiger partial charge in [0.05, 0.1) is 10.7 Å². The molecule has 0 N–H and O–H groups in total. The molecule has 0 bridgehead atoms. The third-order valence-corrected chi connectivity index (χ3v) is 3.10. The zero-order chi connectivity index (χ0) is 18.0. The molecule has 0 heterocycles. The molecule has 0 aromatic heterocycles. The van der Waals surface area contributed by atoms with Gasteiger partial charge in [0.15, 0.2) is 0 Å². The summed E-state index contributed by atoms with van der Waals surface area (Å²) < 4.78 is 11.3. The maximum absolute atomic E-state index is 12.5. The standard InChI is InChI=1S/C16H21BrClNO4/c1-15(2,3)22-13(20)19(14(21)23-16(4,5)6)12-8-7-10(17)9-11(12)18/h7-9H,1-6H3. The van der Waals surface area contributed by atoms with Crippen molar-refractivity contribution in [2.45, 2.75) is 52.7 Å². The molecule has 5 nitrogen and oxygen atoms in total. The van der Waals surface area contributed by atoms with Crippen molar-refractivity contribution in [3.8, 4) is 0 Å². The minimum absolute atomic E-state index is 0.193. The van der Waals surface area contributed by atoms with E-state index in [2.05, 4.69) is 15.9 Å². The molecule has 0 aliphatic rings. The number of hydrogen-bond acceptors (Lipinski definition) is 4. The molecule has 128 valence electrons.